The number of rotatable bonds is 5. The van der Waals surface area contributed by atoms with Gasteiger partial charge in [-0.2, -0.15) is 0 Å². The third kappa shape index (κ3) is 3.09. The zero-order valence-corrected chi connectivity index (χ0v) is 15.9. The number of carbonyl (C=O) groups excluding carboxylic acids is 1. The zero-order chi connectivity index (χ0) is 19.1. The van der Waals surface area contributed by atoms with Crippen molar-refractivity contribution in [1.29, 1.82) is 0 Å². The number of nitrogens with one attached hydrogen (secondary N) is 1. The fraction of sp³-hybridized carbons (Fsp3) is 0.292. The average Bonchev–Trinajstić information content (AvgIpc) is 3.44. The third-order valence-corrected chi connectivity index (χ3v) is 6.04. The van der Waals surface area contributed by atoms with E-state index in [2.05, 4.69) is 63.8 Å². The lowest BCUT2D eigenvalue weighted by Gasteiger charge is -2.16. The zero-order valence-electron chi connectivity index (χ0n) is 15.9. The van der Waals surface area contributed by atoms with Crippen LogP contribution in [0.3, 0.4) is 0 Å². The molecule has 0 amide bonds. The molecule has 3 unspecified atom stereocenters. The molecule has 2 aliphatic carbocycles. The maximum Gasteiger partial charge on any atom is 0.144 e. The lowest BCUT2D eigenvalue weighted by molar-refractivity contribution is -0.118. The lowest BCUT2D eigenvalue weighted by atomic mass is 9.96. The summed E-state index contributed by atoms with van der Waals surface area (Å²) in [6.45, 7) is 1.66. The van der Waals surface area contributed by atoms with E-state index in [0.717, 1.165) is 30.8 Å². The minimum atomic E-state index is 0.145. The maximum atomic E-state index is 11.5. The van der Waals surface area contributed by atoms with Crippen molar-refractivity contribution in [3.05, 3.63) is 77.7 Å². The summed E-state index contributed by atoms with van der Waals surface area (Å²) in [7, 11) is 0. The normalized spacial score (nSPS) is 22.5. The van der Waals surface area contributed by atoms with Crippen LogP contribution in [0.1, 0.15) is 48.5 Å². The van der Waals surface area contributed by atoms with Gasteiger partial charge in [-0.15, -0.1) is 0 Å². The molecule has 0 spiro atoms. The van der Waals surface area contributed by atoms with Gasteiger partial charge in [0.25, 0.3) is 0 Å². The fourth-order valence-electron chi connectivity index (χ4n) is 4.45. The van der Waals surface area contributed by atoms with Crippen LogP contribution in [0.15, 0.2) is 60.9 Å². The summed E-state index contributed by atoms with van der Waals surface area (Å²) >= 11 is 0. The number of benzene rings is 2. The first-order chi connectivity index (χ1) is 13.7. The number of hydrogen-bond acceptors (Lipinski definition) is 4. The summed E-state index contributed by atoms with van der Waals surface area (Å²) in [5, 5.41) is 3.56. The van der Waals surface area contributed by atoms with Crippen molar-refractivity contribution < 1.29 is 4.79 Å². The van der Waals surface area contributed by atoms with E-state index in [1.54, 1.807) is 6.92 Å². The highest BCUT2D eigenvalue weighted by molar-refractivity contribution is 5.82. The molecule has 3 atom stereocenters. The Morgan fingerprint density at radius 2 is 1.89 bits per heavy atom. The lowest BCUT2D eigenvalue weighted by Crippen LogP contribution is -2.09. The number of nitrogens with zero attached hydrogens (tertiary/aromatic N) is 2. The Morgan fingerprint density at radius 1 is 1.04 bits per heavy atom. The second-order valence-corrected chi connectivity index (χ2v) is 7.86. The van der Waals surface area contributed by atoms with Crippen LogP contribution in [0.2, 0.25) is 0 Å². The SMILES string of the molecule is CC(=O)C1CC1c1cnc(NC2CCc3c(-c4ccccc4)cccc32)cn1. The fourth-order valence-corrected chi connectivity index (χ4v) is 4.45. The van der Waals surface area contributed by atoms with Crippen molar-refractivity contribution in [2.24, 2.45) is 5.92 Å². The number of fused-ring (bicyclic) bond motifs is 1. The van der Waals surface area contributed by atoms with Crippen LogP contribution in [0.5, 0.6) is 0 Å². The number of ketones is 1. The standard InChI is InChI=1S/C24H23N3O/c1-15(28)20-12-21(20)23-13-26-24(14-25-23)27-22-11-10-18-17(8-5-9-19(18)22)16-6-3-2-4-7-16/h2-9,13-14,20-22H,10-12H2,1H3,(H,26,27). The molecule has 0 bridgehead atoms. The average molecular weight is 369 g/mol. The minimum Gasteiger partial charge on any atom is -0.362 e. The van der Waals surface area contributed by atoms with E-state index >= 15 is 0 Å². The predicted octanol–water partition coefficient (Wildman–Crippen LogP) is 4.94. The smallest absolute Gasteiger partial charge is 0.144 e. The molecule has 3 aromatic rings. The first-order valence-corrected chi connectivity index (χ1v) is 9.97. The maximum absolute atomic E-state index is 11.5. The molecule has 0 aliphatic heterocycles. The van der Waals surface area contributed by atoms with Crippen molar-refractivity contribution in [2.75, 3.05) is 5.32 Å². The molecule has 4 nitrogen and oxygen atoms in total. The summed E-state index contributed by atoms with van der Waals surface area (Å²) in [5.74, 6) is 1.46. The van der Waals surface area contributed by atoms with Crippen molar-refractivity contribution >= 4 is 11.6 Å². The molecule has 28 heavy (non-hydrogen) atoms. The van der Waals surface area contributed by atoms with Gasteiger partial charge < -0.3 is 5.32 Å². The molecule has 2 aliphatic rings. The molecular formula is C24H23N3O. The van der Waals surface area contributed by atoms with Crippen LogP contribution in [0.4, 0.5) is 5.82 Å². The van der Waals surface area contributed by atoms with E-state index in [1.807, 2.05) is 12.4 Å². The highest BCUT2D eigenvalue weighted by Crippen LogP contribution is 2.47. The predicted molar refractivity (Wildman–Crippen MR) is 110 cm³/mol. The molecule has 4 heteroatoms. The van der Waals surface area contributed by atoms with Gasteiger partial charge in [0.1, 0.15) is 11.6 Å². The molecule has 1 saturated carbocycles. The van der Waals surface area contributed by atoms with Crippen LogP contribution in [0.25, 0.3) is 11.1 Å². The summed E-state index contributed by atoms with van der Waals surface area (Å²) in [6, 6.07) is 17.4. The summed E-state index contributed by atoms with van der Waals surface area (Å²) < 4.78 is 0. The second kappa shape index (κ2) is 6.86. The van der Waals surface area contributed by atoms with Gasteiger partial charge in [-0.3, -0.25) is 9.78 Å². The first kappa shape index (κ1) is 17.1. The third-order valence-electron chi connectivity index (χ3n) is 6.04. The monoisotopic (exact) mass is 369 g/mol. The first-order valence-electron chi connectivity index (χ1n) is 9.97. The molecular weight excluding hydrogens is 346 g/mol. The molecule has 1 heterocycles. The van der Waals surface area contributed by atoms with Crippen LogP contribution in [0, 0.1) is 5.92 Å². The van der Waals surface area contributed by atoms with Gasteiger partial charge >= 0.3 is 0 Å². The molecule has 0 saturated heterocycles. The molecule has 1 aromatic heterocycles. The van der Waals surface area contributed by atoms with E-state index in [0.29, 0.717) is 0 Å². The number of aromatic nitrogens is 2. The van der Waals surface area contributed by atoms with Crippen LogP contribution < -0.4 is 5.32 Å². The van der Waals surface area contributed by atoms with Gasteiger partial charge in [-0.1, -0.05) is 48.5 Å². The van der Waals surface area contributed by atoms with E-state index in [-0.39, 0.29) is 23.7 Å². The van der Waals surface area contributed by atoms with Gasteiger partial charge in [0.15, 0.2) is 0 Å². The van der Waals surface area contributed by atoms with E-state index in [9.17, 15) is 4.79 Å². The molecule has 1 fully saturated rings. The van der Waals surface area contributed by atoms with Crippen LogP contribution >= 0.6 is 0 Å². The number of Topliss-reactive ketones (excluding diaryl/α,β-unsaturated/α-hetero) is 1. The number of hydrogen-bond donors (Lipinski definition) is 1. The van der Waals surface area contributed by atoms with Crippen LogP contribution in [-0.2, 0) is 11.2 Å². The molecule has 0 radical (unpaired) electrons. The summed E-state index contributed by atoms with van der Waals surface area (Å²) in [5.41, 5.74) is 6.31. The van der Waals surface area contributed by atoms with Crippen LogP contribution in [-0.4, -0.2) is 15.8 Å². The van der Waals surface area contributed by atoms with E-state index in [4.69, 9.17) is 0 Å². The molecule has 5 rings (SSSR count). The Hall–Kier alpha value is -3.01. The van der Waals surface area contributed by atoms with E-state index < -0.39 is 0 Å². The largest absolute Gasteiger partial charge is 0.362 e. The van der Waals surface area contributed by atoms with E-state index in [1.165, 1.54) is 22.3 Å². The number of carbonyl (C=O) groups is 1. The minimum absolute atomic E-state index is 0.145. The Morgan fingerprint density at radius 3 is 2.61 bits per heavy atom. The van der Waals surface area contributed by atoms with Gasteiger partial charge in [0.2, 0.25) is 0 Å². The second-order valence-electron chi connectivity index (χ2n) is 7.86. The topological polar surface area (TPSA) is 54.9 Å². The van der Waals surface area contributed by atoms with Gasteiger partial charge in [0, 0.05) is 11.8 Å². The van der Waals surface area contributed by atoms with Crippen molar-refractivity contribution in [3.63, 3.8) is 0 Å². The Balaban J connectivity index is 1.34. The quantitative estimate of drug-likeness (QED) is 0.692. The molecule has 2 aromatic carbocycles. The molecule has 140 valence electrons. The highest BCUT2D eigenvalue weighted by Gasteiger charge is 2.43. The van der Waals surface area contributed by atoms with Crippen molar-refractivity contribution in [1.82, 2.24) is 9.97 Å². The van der Waals surface area contributed by atoms with Crippen molar-refractivity contribution in [3.8, 4) is 11.1 Å². The number of anilines is 1. The summed E-state index contributed by atoms with van der Waals surface area (Å²) in [4.78, 5) is 20.6. The van der Waals surface area contributed by atoms with Gasteiger partial charge in [-0.25, -0.2) is 4.98 Å². The molecule has 1 N–H and O–H groups in total. The van der Waals surface area contributed by atoms with Crippen molar-refractivity contribution in [2.45, 2.75) is 38.1 Å². The van der Waals surface area contributed by atoms with Gasteiger partial charge in [-0.05, 0) is 48.4 Å². The Bertz CT molecular complexity index is 1010. The Labute approximate surface area is 165 Å². The Kier molecular flexibility index (Phi) is 4.19. The van der Waals surface area contributed by atoms with Gasteiger partial charge in [0.05, 0.1) is 24.1 Å². The summed E-state index contributed by atoms with van der Waals surface area (Å²) in [6.07, 6.45) is 6.66. The highest BCUT2D eigenvalue weighted by atomic mass is 16.1.